The number of hydrogen-bond donors (Lipinski definition) is 2. The van der Waals surface area contributed by atoms with Crippen LogP contribution >= 0.6 is 11.3 Å². The summed E-state index contributed by atoms with van der Waals surface area (Å²) in [4.78, 5) is 21.0. The molecule has 0 saturated carbocycles. The van der Waals surface area contributed by atoms with Gasteiger partial charge in [-0.3, -0.25) is 4.79 Å². The van der Waals surface area contributed by atoms with Crippen molar-refractivity contribution >= 4 is 23.1 Å². The predicted molar refractivity (Wildman–Crippen MR) is 86.0 cm³/mol. The van der Waals surface area contributed by atoms with Crippen LogP contribution in [0.1, 0.15) is 33.7 Å². The Labute approximate surface area is 128 Å². The van der Waals surface area contributed by atoms with Crippen molar-refractivity contribution in [3.63, 3.8) is 0 Å². The summed E-state index contributed by atoms with van der Waals surface area (Å²) in [5, 5.41) is 8.99. The maximum atomic E-state index is 12.2. The Bertz CT molecular complexity index is 602. The van der Waals surface area contributed by atoms with Gasteiger partial charge < -0.3 is 10.6 Å². The topological polar surface area (TPSA) is 66.9 Å². The Morgan fingerprint density at radius 2 is 2.10 bits per heavy atom. The zero-order chi connectivity index (χ0) is 15.2. The van der Waals surface area contributed by atoms with E-state index in [9.17, 15) is 4.79 Å². The minimum atomic E-state index is -0.0736. The van der Waals surface area contributed by atoms with E-state index in [-0.39, 0.29) is 5.91 Å². The van der Waals surface area contributed by atoms with Crippen molar-refractivity contribution in [3.05, 3.63) is 39.5 Å². The molecule has 21 heavy (non-hydrogen) atoms. The van der Waals surface area contributed by atoms with Crippen LogP contribution in [0.5, 0.6) is 0 Å². The van der Waals surface area contributed by atoms with Gasteiger partial charge in [-0.15, -0.1) is 11.3 Å². The third-order valence-electron chi connectivity index (χ3n) is 3.09. The number of nitrogens with zero attached hydrogens (tertiary/aromatic N) is 2. The molecule has 0 aromatic carbocycles. The van der Waals surface area contributed by atoms with Gasteiger partial charge in [0.25, 0.3) is 5.91 Å². The van der Waals surface area contributed by atoms with Gasteiger partial charge in [0.1, 0.15) is 5.82 Å². The lowest BCUT2D eigenvalue weighted by molar-refractivity contribution is 0.0954. The van der Waals surface area contributed by atoms with Crippen LogP contribution in [0.3, 0.4) is 0 Å². The average Bonchev–Trinajstić information content (AvgIpc) is 2.92. The van der Waals surface area contributed by atoms with Crippen LogP contribution in [0, 0.1) is 6.92 Å². The van der Waals surface area contributed by atoms with E-state index in [4.69, 9.17) is 0 Å². The van der Waals surface area contributed by atoms with Crippen molar-refractivity contribution in [1.82, 2.24) is 15.3 Å². The van der Waals surface area contributed by atoms with Crippen LogP contribution in [-0.4, -0.2) is 29.5 Å². The summed E-state index contributed by atoms with van der Waals surface area (Å²) >= 11 is 1.63. The van der Waals surface area contributed by atoms with E-state index in [1.807, 2.05) is 25.3 Å². The molecule has 0 aliphatic carbocycles. The van der Waals surface area contributed by atoms with E-state index < -0.39 is 0 Å². The molecular formula is C15H20N4OS. The van der Waals surface area contributed by atoms with E-state index in [1.54, 1.807) is 24.5 Å². The first kappa shape index (κ1) is 15.4. The van der Waals surface area contributed by atoms with E-state index in [0.717, 1.165) is 35.1 Å². The molecule has 2 heterocycles. The van der Waals surface area contributed by atoms with Gasteiger partial charge >= 0.3 is 0 Å². The summed E-state index contributed by atoms with van der Waals surface area (Å²) in [6, 6.07) is 3.60. The highest BCUT2D eigenvalue weighted by molar-refractivity contribution is 7.09. The number of amides is 1. The number of anilines is 1. The van der Waals surface area contributed by atoms with Crippen LogP contribution in [-0.2, 0) is 12.8 Å². The van der Waals surface area contributed by atoms with Crippen molar-refractivity contribution in [2.75, 3.05) is 18.9 Å². The SMILES string of the molecule is CCc1cc(C(=O)NCCc2csc(C)n2)cc(NC)n1. The molecule has 2 rings (SSSR count). The smallest absolute Gasteiger partial charge is 0.251 e. The number of pyridine rings is 1. The van der Waals surface area contributed by atoms with Gasteiger partial charge in [0.05, 0.1) is 10.7 Å². The Kier molecular flexibility index (Phi) is 5.27. The Morgan fingerprint density at radius 3 is 2.71 bits per heavy atom. The second-order valence-corrected chi connectivity index (χ2v) is 5.76. The van der Waals surface area contributed by atoms with Crippen LogP contribution in [0.25, 0.3) is 0 Å². The van der Waals surface area contributed by atoms with E-state index in [1.165, 1.54) is 0 Å². The van der Waals surface area contributed by atoms with Crippen molar-refractivity contribution in [2.45, 2.75) is 26.7 Å². The van der Waals surface area contributed by atoms with Gasteiger partial charge in [-0.2, -0.15) is 0 Å². The number of carbonyl (C=O) groups excluding carboxylic acids is 1. The molecule has 2 N–H and O–H groups in total. The van der Waals surface area contributed by atoms with Crippen molar-refractivity contribution in [1.29, 1.82) is 0 Å². The van der Waals surface area contributed by atoms with Crippen LogP contribution in [0.4, 0.5) is 5.82 Å². The third-order valence-corrected chi connectivity index (χ3v) is 3.91. The first-order valence-electron chi connectivity index (χ1n) is 7.00. The number of rotatable bonds is 6. The molecule has 0 saturated heterocycles. The van der Waals surface area contributed by atoms with Gasteiger partial charge in [-0.1, -0.05) is 6.92 Å². The molecule has 1 amide bonds. The lowest BCUT2D eigenvalue weighted by Gasteiger charge is -2.08. The van der Waals surface area contributed by atoms with Gasteiger partial charge in [0, 0.05) is 36.7 Å². The molecule has 0 spiro atoms. The number of nitrogens with one attached hydrogen (secondary N) is 2. The lowest BCUT2D eigenvalue weighted by atomic mass is 10.1. The summed E-state index contributed by atoms with van der Waals surface area (Å²) in [6.07, 6.45) is 1.55. The molecule has 0 unspecified atom stereocenters. The Hall–Kier alpha value is -1.95. The molecule has 0 radical (unpaired) electrons. The first-order valence-corrected chi connectivity index (χ1v) is 7.88. The van der Waals surface area contributed by atoms with Gasteiger partial charge in [0.15, 0.2) is 0 Å². The third kappa shape index (κ3) is 4.26. The largest absolute Gasteiger partial charge is 0.373 e. The molecule has 112 valence electrons. The quantitative estimate of drug-likeness (QED) is 0.860. The molecular weight excluding hydrogens is 284 g/mol. The van der Waals surface area contributed by atoms with E-state index >= 15 is 0 Å². The van der Waals surface area contributed by atoms with Crippen molar-refractivity contribution < 1.29 is 4.79 Å². The minimum Gasteiger partial charge on any atom is -0.373 e. The Balaban J connectivity index is 1.96. The molecule has 2 aromatic rings. The summed E-state index contributed by atoms with van der Waals surface area (Å²) in [6.45, 7) is 4.59. The fourth-order valence-corrected chi connectivity index (χ4v) is 2.60. The Morgan fingerprint density at radius 1 is 1.29 bits per heavy atom. The predicted octanol–water partition coefficient (Wildman–Crippen LogP) is 2.42. The molecule has 6 heteroatoms. The first-order chi connectivity index (χ1) is 10.1. The zero-order valence-electron chi connectivity index (χ0n) is 12.6. The molecule has 5 nitrogen and oxygen atoms in total. The molecule has 0 aliphatic heterocycles. The number of thiazole rings is 1. The normalized spacial score (nSPS) is 10.4. The fourth-order valence-electron chi connectivity index (χ4n) is 1.96. The summed E-state index contributed by atoms with van der Waals surface area (Å²) in [5.74, 6) is 0.644. The van der Waals surface area contributed by atoms with Crippen molar-refractivity contribution in [2.24, 2.45) is 0 Å². The highest BCUT2D eigenvalue weighted by atomic mass is 32.1. The molecule has 2 aromatic heterocycles. The fraction of sp³-hybridized carbons (Fsp3) is 0.400. The van der Waals surface area contributed by atoms with Crippen LogP contribution in [0.2, 0.25) is 0 Å². The number of carbonyl (C=O) groups is 1. The summed E-state index contributed by atoms with van der Waals surface area (Å²) in [7, 11) is 1.80. The standard InChI is InChI=1S/C15H20N4OS/c1-4-12-7-11(8-14(16-3)19-12)15(20)17-6-5-13-9-21-10(2)18-13/h7-9H,4-6H2,1-3H3,(H,16,19)(H,17,20). The van der Waals surface area contributed by atoms with Gasteiger partial charge in [-0.05, 0) is 25.5 Å². The van der Waals surface area contributed by atoms with Crippen molar-refractivity contribution in [3.8, 4) is 0 Å². The molecule has 0 fully saturated rings. The zero-order valence-corrected chi connectivity index (χ0v) is 13.4. The van der Waals surface area contributed by atoms with E-state index in [2.05, 4.69) is 20.6 Å². The number of hydrogen-bond acceptors (Lipinski definition) is 5. The van der Waals surface area contributed by atoms with Crippen LogP contribution < -0.4 is 10.6 Å². The second kappa shape index (κ2) is 7.17. The highest BCUT2D eigenvalue weighted by Gasteiger charge is 2.09. The van der Waals surface area contributed by atoms with Gasteiger partial charge in [0.2, 0.25) is 0 Å². The second-order valence-electron chi connectivity index (χ2n) is 4.70. The van der Waals surface area contributed by atoms with Gasteiger partial charge in [-0.25, -0.2) is 9.97 Å². The minimum absolute atomic E-state index is 0.0736. The van der Waals surface area contributed by atoms with E-state index in [0.29, 0.717) is 12.1 Å². The average molecular weight is 304 g/mol. The maximum Gasteiger partial charge on any atom is 0.251 e. The molecule has 0 aliphatic rings. The number of aromatic nitrogens is 2. The number of aryl methyl sites for hydroxylation is 2. The maximum absolute atomic E-state index is 12.2. The highest BCUT2D eigenvalue weighted by Crippen LogP contribution is 2.11. The lowest BCUT2D eigenvalue weighted by Crippen LogP contribution is -2.26. The monoisotopic (exact) mass is 304 g/mol. The summed E-state index contributed by atoms with van der Waals surface area (Å²) in [5.41, 5.74) is 2.57. The molecule has 0 bridgehead atoms. The summed E-state index contributed by atoms with van der Waals surface area (Å²) < 4.78 is 0. The van der Waals surface area contributed by atoms with Crippen LogP contribution in [0.15, 0.2) is 17.5 Å². The molecule has 0 atom stereocenters.